The third kappa shape index (κ3) is 2.95. The fourth-order valence-electron chi connectivity index (χ4n) is 7.48. The van der Waals surface area contributed by atoms with E-state index in [1.165, 1.54) is 0 Å². The molecule has 4 nitrogen and oxygen atoms in total. The van der Waals surface area contributed by atoms with Crippen molar-refractivity contribution in [2.75, 3.05) is 6.61 Å². The lowest BCUT2D eigenvalue weighted by Gasteiger charge is -2.58. The molecular weight excluding hydrogens is 352 g/mol. The molecule has 0 radical (unpaired) electrons. The Bertz CT molecular complexity index is 707. The largest absolute Gasteiger partial charge is 0.393 e. The molecule has 0 aliphatic heterocycles. The summed E-state index contributed by atoms with van der Waals surface area (Å²) in [6, 6.07) is 0. The predicted octanol–water partition coefficient (Wildman–Crippen LogP) is 3.71. The fraction of sp³-hybridized carbons (Fsp3) is 0.750. The van der Waals surface area contributed by atoms with Crippen LogP contribution in [-0.2, 0) is 9.59 Å². The monoisotopic (exact) mass is 388 g/mol. The molecule has 8 atom stereocenters. The molecule has 0 heterocycles. The molecule has 0 spiro atoms. The summed E-state index contributed by atoms with van der Waals surface area (Å²) in [5.41, 5.74) is 0.647. The smallest absolute Gasteiger partial charge is 0.178 e. The van der Waals surface area contributed by atoms with Crippen molar-refractivity contribution in [3.05, 3.63) is 23.8 Å². The molecule has 28 heavy (non-hydrogen) atoms. The molecule has 3 fully saturated rings. The van der Waals surface area contributed by atoms with Crippen molar-refractivity contribution in [1.29, 1.82) is 0 Å². The van der Waals surface area contributed by atoms with Gasteiger partial charge in [0.15, 0.2) is 11.6 Å². The van der Waals surface area contributed by atoms with E-state index < -0.39 is 12.7 Å². The van der Waals surface area contributed by atoms with Crippen LogP contribution in [0.2, 0.25) is 0 Å². The first-order chi connectivity index (χ1) is 13.2. The quantitative estimate of drug-likeness (QED) is 0.756. The SMILES string of the molecule is CC.C[C@@H]1CC2C3CCC4=CC(=O)C=C[C@]4(C)C3[C@H](O)C[C@]2(C)C1C(=O)CO. The standard InChI is InChI=1S/C22H30O4.C2H6/c1-12-8-16-15-5-4-13-9-14(24)6-7-21(13,2)20(15)17(25)10-22(16,3)19(12)18(26)11-23;1-2/h6-7,9,12,15-17,19-20,23,25H,4-5,8,10-11H2,1-3H3;1-2H3/t12-,15?,16?,17-,19?,20?,21+,22+;/m1./s1. The Morgan fingerprint density at radius 2 is 1.96 bits per heavy atom. The van der Waals surface area contributed by atoms with Gasteiger partial charge in [0.2, 0.25) is 0 Å². The van der Waals surface area contributed by atoms with E-state index in [9.17, 15) is 19.8 Å². The van der Waals surface area contributed by atoms with E-state index >= 15 is 0 Å². The number of hydrogen-bond acceptors (Lipinski definition) is 4. The Labute approximate surface area is 169 Å². The molecule has 3 saturated carbocycles. The highest BCUT2D eigenvalue weighted by Gasteiger charge is 2.64. The van der Waals surface area contributed by atoms with Gasteiger partial charge in [0, 0.05) is 17.3 Å². The number of hydrogen-bond donors (Lipinski definition) is 2. The molecule has 4 unspecified atom stereocenters. The van der Waals surface area contributed by atoms with Crippen LogP contribution in [0.4, 0.5) is 0 Å². The second-order valence-electron chi connectivity index (χ2n) is 9.62. The molecule has 156 valence electrons. The van der Waals surface area contributed by atoms with Gasteiger partial charge in [-0.3, -0.25) is 9.59 Å². The number of carbonyl (C=O) groups is 2. The van der Waals surface area contributed by atoms with E-state index in [1.807, 2.05) is 19.9 Å². The minimum atomic E-state index is -0.493. The summed E-state index contributed by atoms with van der Waals surface area (Å²) in [6.45, 7) is 10.0. The highest BCUT2D eigenvalue weighted by Crippen LogP contribution is 2.67. The van der Waals surface area contributed by atoms with Crippen LogP contribution in [0, 0.1) is 40.4 Å². The number of carbonyl (C=O) groups excluding carboxylic acids is 2. The predicted molar refractivity (Wildman–Crippen MR) is 109 cm³/mol. The molecule has 4 rings (SSSR count). The maximum Gasteiger partial charge on any atom is 0.178 e. The zero-order chi connectivity index (χ0) is 20.9. The number of fused-ring (bicyclic) bond motifs is 5. The number of aliphatic hydroxyl groups excluding tert-OH is 2. The molecular formula is C24H36O4. The molecule has 0 bridgehead atoms. The average molecular weight is 389 g/mol. The maximum absolute atomic E-state index is 12.5. The molecule has 0 saturated heterocycles. The summed E-state index contributed by atoms with van der Waals surface area (Å²) in [5, 5.41) is 20.7. The molecule has 0 aromatic heterocycles. The van der Waals surface area contributed by atoms with E-state index in [1.54, 1.807) is 12.2 Å². The Morgan fingerprint density at radius 1 is 1.29 bits per heavy atom. The van der Waals surface area contributed by atoms with Gasteiger partial charge in [-0.25, -0.2) is 0 Å². The fourth-order valence-corrected chi connectivity index (χ4v) is 7.48. The lowest BCUT2D eigenvalue weighted by Crippen LogP contribution is -2.56. The summed E-state index contributed by atoms with van der Waals surface area (Å²) in [5.74, 6) is 0.886. The van der Waals surface area contributed by atoms with Crippen LogP contribution >= 0.6 is 0 Å². The van der Waals surface area contributed by atoms with Gasteiger partial charge in [-0.1, -0.05) is 46.3 Å². The molecule has 0 aromatic carbocycles. The topological polar surface area (TPSA) is 74.6 Å². The van der Waals surface area contributed by atoms with Crippen molar-refractivity contribution < 1.29 is 19.8 Å². The van der Waals surface area contributed by atoms with Crippen molar-refractivity contribution in [3.63, 3.8) is 0 Å². The molecule has 4 aliphatic carbocycles. The normalized spacial score (nSPS) is 46.5. The minimum absolute atomic E-state index is 0.0501. The van der Waals surface area contributed by atoms with Crippen molar-refractivity contribution in [3.8, 4) is 0 Å². The second kappa shape index (κ2) is 7.53. The van der Waals surface area contributed by atoms with Crippen molar-refractivity contribution in [1.82, 2.24) is 0 Å². The van der Waals surface area contributed by atoms with Gasteiger partial charge in [0.05, 0.1) is 6.10 Å². The summed E-state index contributed by atoms with van der Waals surface area (Å²) in [7, 11) is 0. The van der Waals surface area contributed by atoms with E-state index in [0.29, 0.717) is 18.3 Å². The average Bonchev–Trinajstić information content (AvgIpc) is 2.93. The van der Waals surface area contributed by atoms with Crippen LogP contribution in [-0.4, -0.2) is 34.5 Å². The number of allylic oxidation sites excluding steroid dienone is 4. The number of ketones is 2. The van der Waals surface area contributed by atoms with E-state index in [2.05, 4.69) is 20.8 Å². The van der Waals surface area contributed by atoms with Crippen LogP contribution in [0.15, 0.2) is 23.8 Å². The summed E-state index contributed by atoms with van der Waals surface area (Å²) < 4.78 is 0. The summed E-state index contributed by atoms with van der Waals surface area (Å²) in [6.07, 6.45) is 8.39. The van der Waals surface area contributed by atoms with E-state index in [-0.39, 0.29) is 40.2 Å². The van der Waals surface area contributed by atoms with Gasteiger partial charge in [0.25, 0.3) is 0 Å². The Morgan fingerprint density at radius 3 is 2.61 bits per heavy atom. The molecule has 0 amide bonds. The minimum Gasteiger partial charge on any atom is -0.393 e. The van der Waals surface area contributed by atoms with Crippen molar-refractivity contribution in [2.45, 2.75) is 66.4 Å². The van der Waals surface area contributed by atoms with Gasteiger partial charge < -0.3 is 10.2 Å². The Kier molecular flexibility index (Phi) is 5.77. The molecule has 2 N–H and O–H groups in total. The Hall–Kier alpha value is -1.26. The molecule has 4 aliphatic rings. The van der Waals surface area contributed by atoms with Gasteiger partial charge in [-0.15, -0.1) is 0 Å². The summed E-state index contributed by atoms with van der Waals surface area (Å²) in [4.78, 5) is 24.3. The van der Waals surface area contributed by atoms with Crippen molar-refractivity contribution >= 4 is 11.6 Å². The first kappa shape index (κ1) is 21.4. The van der Waals surface area contributed by atoms with E-state index in [4.69, 9.17) is 0 Å². The third-order valence-corrected chi connectivity index (χ3v) is 8.34. The van der Waals surface area contributed by atoms with Gasteiger partial charge in [-0.05, 0) is 61.0 Å². The zero-order valence-electron chi connectivity index (χ0n) is 17.9. The highest BCUT2D eigenvalue weighted by molar-refractivity contribution is 6.01. The zero-order valence-corrected chi connectivity index (χ0v) is 17.9. The van der Waals surface area contributed by atoms with Crippen LogP contribution < -0.4 is 0 Å². The van der Waals surface area contributed by atoms with Crippen LogP contribution in [0.3, 0.4) is 0 Å². The molecule has 4 heteroatoms. The van der Waals surface area contributed by atoms with Crippen molar-refractivity contribution in [2.24, 2.45) is 40.4 Å². The van der Waals surface area contributed by atoms with Crippen LogP contribution in [0.25, 0.3) is 0 Å². The van der Waals surface area contributed by atoms with Gasteiger partial charge in [-0.2, -0.15) is 0 Å². The first-order valence-corrected chi connectivity index (χ1v) is 11.0. The first-order valence-electron chi connectivity index (χ1n) is 11.0. The van der Waals surface area contributed by atoms with Crippen LogP contribution in [0.1, 0.15) is 60.3 Å². The number of rotatable bonds is 2. The maximum atomic E-state index is 12.5. The van der Waals surface area contributed by atoms with Gasteiger partial charge in [0.1, 0.15) is 6.61 Å². The second-order valence-corrected chi connectivity index (χ2v) is 9.62. The highest BCUT2D eigenvalue weighted by atomic mass is 16.3. The van der Waals surface area contributed by atoms with Crippen LogP contribution in [0.5, 0.6) is 0 Å². The summed E-state index contributed by atoms with van der Waals surface area (Å²) >= 11 is 0. The van der Waals surface area contributed by atoms with E-state index in [0.717, 1.165) is 24.8 Å². The number of aliphatic hydroxyl groups is 2. The number of Topliss-reactive ketones (excluding diaryl/α,β-unsaturated/α-hetero) is 1. The Balaban J connectivity index is 0.00000109. The van der Waals surface area contributed by atoms with Gasteiger partial charge >= 0.3 is 0 Å². The third-order valence-electron chi connectivity index (χ3n) is 8.34. The lowest BCUT2D eigenvalue weighted by atomic mass is 9.46. The lowest BCUT2D eigenvalue weighted by molar-refractivity contribution is -0.142. The molecule has 0 aromatic rings.